The molecule has 1 aromatic heterocycles. The van der Waals surface area contributed by atoms with E-state index in [9.17, 15) is 0 Å². The van der Waals surface area contributed by atoms with Gasteiger partial charge in [-0.15, -0.1) is 0 Å². The lowest BCUT2D eigenvalue weighted by molar-refractivity contribution is 0.620. The molecule has 0 saturated carbocycles. The van der Waals surface area contributed by atoms with Gasteiger partial charge < -0.3 is 4.90 Å². The average molecular weight is 304 g/mol. The molecule has 88 valence electrons. The first-order chi connectivity index (χ1) is 7.63. The van der Waals surface area contributed by atoms with Crippen LogP contribution in [0.15, 0.2) is 16.7 Å². The quantitative estimate of drug-likeness (QED) is 0.811. The monoisotopic (exact) mass is 302 g/mol. The van der Waals surface area contributed by atoms with Crippen LogP contribution in [0.1, 0.15) is 33.1 Å². The average Bonchev–Trinajstić information content (AvgIpc) is 2.60. The lowest BCUT2D eigenvalue weighted by Gasteiger charge is -2.29. The van der Waals surface area contributed by atoms with Gasteiger partial charge in [-0.1, -0.05) is 18.5 Å². The number of nitrogens with zero attached hydrogens (tertiary/aromatic N) is 2. The number of rotatable bonds is 2. The molecule has 2 rings (SSSR count). The summed E-state index contributed by atoms with van der Waals surface area (Å²) in [5.74, 6) is 1.03. The van der Waals surface area contributed by atoms with E-state index in [-0.39, 0.29) is 0 Å². The third-order valence-corrected chi connectivity index (χ3v) is 4.08. The molecule has 0 radical (unpaired) electrons. The molecule has 2 atom stereocenters. The lowest BCUT2D eigenvalue weighted by Crippen LogP contribution is -2.35. The van der Waals surface area contributed by atoms with Gasteiger partial charge in [0.2, 0.25) is 0 Å². The van der Waals surface area contributed by atoms with E-state index in [0.717, 1.165) is 10.3 Å². The lowest BCUT2D eigenvalue weighted by atomic mass is 10.1. The summed E-state index contributed by atoms with van der Waals surface area (Å²) in [5, 5.41) is 0.676. The molecule has 0 aromatic carbocycles. The first-order valence-corrected chi connectivity index (χ1v) is 6.90. The van der Waals surface area contributed by atoms with Gasteiger partial charge in [0.05, 0.1) is 9.50 Å². The van der Waals surface area contributed by atoms with E-state index in [1.165, 1.54) is 19.3 Å². The summed E-state index contributed by atoms with van der Waals surface area (Å²) >= 11 is 9.47. The van der Waals surface area contributed by atoms with E-state index in [4.69, 9.17) is 11.6 Å². The molecule has 0 amide bonds. The fourth-order valence-electron chi connectivity index (χ4n) is 2.45. The zero-order chi connectivity index (χ0) is 11.7. The molecule has 1 saturated heterocycles. The largest absolute Gasteiger partial charge is 0.350 e. The second-order valence-electron chi connectivity index (χ2n) is 4.35. The summed E-state index contributed by atoms with van der Waals surface area (Å²) in [4.78, 5) is 6.87. The van der Waals surface area contributed by atoms with Crippen molar-refractivity contribution in [2.24, 2.45) is 0 Å². The predicted molar refractivity (Wildman–Crippen MR) is 72.2 cm³/mol. The van der Waals surface area contributed by atoms with Crippen LogP contribution in [-0.4, -0.2) is 17.1 Å². The van der Waals surface area contributed by atoms with E-state index in [2.05, 4.69) is 39.7 Å². The highest BCUT2D eigenvalue weighted by atomic mass is 79.9. The molecule has 16 heavy (non-hydrogen) atoms. The molecular weight excluding hydrogens is 288 g/mol. The SMILES string of the molecule is CCC1CCC(C)N1c1ncc(Cl)cc1Br. The van der Waals surface area contributed by atoms with Crippen LogP contribution in [0.25, 0.3) is 0 Å². The Morgan fingerprint density at radius 1 is 1.56 bits per heavy atom. The van der Waals surface area contributed by atoms with E-state index >= 15 is 0 Å². The number of hydrogen-bond acceptors (Lipinski definition) is 2. The molecule has 0 bridgehead atoms. The molecule has 0 N–H and O–H groups in total. The van der Waals surface area contributed by atoms with Crippen molar-refractivity contribution in [1.82, 2.24) is 4.98 Å². The highest BCUT2D eigenvalue weighted by molar-refractivity contribution is 9.10. The molecule has 2 nitrogen and oxygen atoms in total. The van der Waals surface area contributed by atoms with Crippen LogP contribution >= 0.6 is 27.5 Å². The van der Waals surface area contributed by atoms with Crippen molar-refractivity contribution in [2.45, 2.75) is 45.2 Å². The van der Waals surface area contributed by atoms with E-state index < -0.39 is 0 Å². The molecule has 0 spiro atoms. The first-order valence-electron chi connectivity index (χ1n) is 5.73. The van der Waals surface area contributed by atoms with Crippen molar-refractivity contribution >= 4 is 33.3 Å². The molecule has 4 heteroatoms. The number of anilines is 1. The number of aromatic nitrogens is 1. The Labute approximate surface area is 110 Å². The van der Waals surface area contributed by atoms with Gasteiger partial charge in [0.15, 0.2) is 0 Å². The van der Waals surface area contributed by atoms with Gasteiger partial charge in [-0.25, -0.2) is 4.98 Å². The maximum atomic E-state index is 5.92. The normalized spacial score (nSPS) is 25.1. The Balaban J connectivity index is 2.34. The molecule has 1 aromatic rings. The number of hydrogen-bond donors (Lipinski definition) is 0. The van der Waals surface area contributed by atoms with Crippen LogP contribution in [0.2, 0.25) is 5.02 Å². The van der Waals surface area contributed by atoms with Crippen LogP contribution < -0.4 is 4.90 Å². The van der Waals surface area contributed by atoms with Crippen LogP contribution in [0.5, 0.6) is 0 Å². The second-order valence-corrected chi connectivity index (χ2v) is 5.65. The van der Waals surface area contributed by atoms with E-state index in [0.29, 0.717) is 17.1 Å². The van der Waals surface area contributed by atoms with Crippen LogP contribution in [0, 0.1) is 0 Å². The smallest absolute Gasteiger partial charge is 0.143 e. The summed E-state index contributed by atoms with van der Waals surface area (Å²) in [6, 6.07) is 3.09. The third-order valence-electron chi connectivity index (χ3n) is 3.29. The summed E-state index contributed by atoms with van der Waals surface area (Å²) in [6.45, 7) is 4.50. The fraction of sp³-hybridized carbons (Fsp3) is 0.583. The van der Waals surface area contributed by atoms with Crippen molar-refractivity contribution in [2.75, 3.05) is 4.90 Å². The highest BCUT2D eigenvalue weighted by Crippen LogP contribution is 2.35. The standard InChI is InChI=1S/C12H16BrClN2/c1-3-10-5-4-8(2)16(10)12-11(13)6-9(14)7-15-12/h6-8,10H,3-5H2,1-2H3. The molecule has 2 unspecified atom stereocenters. The molecule has 1 aliphatic rings. The Kier molecular flexibility index (Phi) is 3.75. The Bertz CT molecular complexity index is 383. The van der Waals surface area contributed by atoms with E-state index in [1.807, 2.05) is 6.07 Å². The predicted octanol–water partition coefficient (Wildman–Crippen LogP) is 4.26. The van der Waals surface area contributed by atoms with Crippen LogP contribution in [0.4, 0.5) is 5.82 Å². The molecule has 1 fully saturated rings. The van der Waals surface area contributed by atoms with Gasteiger partial charge >= 0.3 is 0 Å². The summed E-state index contributed by atoms with van der Waals surface area (Å²) in [6.07, 6.45) is 5.39. The van der Waals surface area contributed by atoms with Crippen molar-refractivity contribution in [3.8, 4) is 0 Å². The van der Waals surface area contributed by atoms with Gasteiger partial charge in [0, 0.05) is 18.3 Å². The maximum absolute atomic E-state index is 5.92. The Morgan fingerprint density at radius 3 is 2.94 bits per heavy atom. The van der Waals surface area contributed by atoms with Gasteiger partial charge in [-0.3, -0.25) is 0 Å². The Hall–Kier alpha value is -0.280. The van der Waals surface area contributed by atoms with Crippen molar-refractivity contribution in [3.63, 3.8) is 0 Å². The van der Waals surface area contributed by atoms with Gasteiger partial charge in [0.1, 0.15) is 5.82 Å². The van der Waals surface area contributed by atoms with Crippen LogP contribution in [0.3, 0.4) is 0 Å². The number of pyridine rings is 1. The molecule has 2 heterocycles. The maximum Gasteiger partial charge on any atom is 0.143 e. The molecular formula is C12H16BrClN2. The highest BCUT2D eigenvalue weighted by Gasteiger charge is 2.31. The molecule has 1 aliphatic heterocycles. The Morgan fingerprint density at radius 2 is 2.31 bits per heavy atom. The van der Waals surface area contributed by atoms with Gasteiger partial charge in [-0.05, 0) is 48.2 Å². The zero-order valence-corrected chi connectivity index (χ0v) is 11.9. The van der Waals surface area contributed by atoms with Gasteiger partial charge in [-0.2, -0.15) is 0 Å². The number of halogens is 2. The summed E-state index contributed by atoms with van der Waals surface area (Å²) in [7, 11) is 0. The second kappa shape index (κ2) is 4.92. The third kappa shape index (κ3) is 2.21. The first kappa shape index (κ1) is 12.2. The minimum Gasteiger partial charge on any atom is -0.350 e. The molecule has 0 aliphatic carbocycles. The summed E-state index contributed by atoms with van der Waals surface area (Å²) < 4.78 is 0.993. The summed E-state index contributed by atoms with van der Waals surface area (Å²) in [5.41, 5.74) is 0. The zero-order valence-electron chi connectivity index (χ0n) is 9.58. The topological polar surface area (TPSA) is 16.1 Å². The minimum atomic E-state index is 0.565. The van der Waals surface area contributed by atoms with Crippen molar-refractivity contribution in [3.05, 3.63) is 21.8 Å². The minimum absolute atomic E-state index is 0.565. The van der Waals surface area contributed by atoms with Crippen molar-refractivity contribution in [1.29, 1.82) is 0 Å². The van der Waals surface area contributed by atoms with Crippen LogP contribution in [-0.2, 0) is 0 Å². The van der Waals surface area contributed by atoms with Gasteiger partial charge in [0.25, 0.3) is 0 Å². The van der Waals surface area contributed by atoms with Crippen molar-refractivity contribution < 1.29 is 0 Å². The fourth-order valence-corrected chi connectivity index (χ4v) is 3.29. The van der Waals surface area contributed by atoms with E-state index in [1.54, 1.807) is 6.20 Å².